The summed E-state index contributed by atoms with van der Waals surface area (Å²) in [5.41, 5.74) is 3.28. The number of carbonyl (C=O) groups excluding carboxylic acids is 1. The third kappa shape index (κ3) is 3.40. The molecule has 1 aliphatic heterocycles. The van der Waals surface area contributed by atoms with Crippen molar-refractivity contribution in [1.29, 1.82) is 0 Å². The summed E-state index contributed by atoms with van der Waals surface area (Å²) in [4.78, 5) is 32.7. The van der Waals surface area contributed by atoms with Crippen molar-refractivity contribution >= 4 is 50.9 Å². The van der Waals surface area contributed by atoms with E-state index in [2.05, 4.69) is 31.2 Å². The maximum Gasteiger partial charge on any atom is 0.414 e. The first-order chi connectivity index (χ1) is 14.4. The molecule has 0 bridgehead atoms. The van der Waals surface area contributed by atoms with Crippen LogP contribution in [0.25, 0.3) is 11.3 Å². The lowest BCUT2D eigenvalue weighted by atomic mass is 10.0. The molecule has 3 heterocycles. The lowest BCUT2D eigenvalue weighted by molar-refractivity contribution is 0.0728. The van der Waals surface area contributed by atoms with Crippen molar-refractivity contribution < 1.29 is 19.4 Å². The zero-order chi connectivity index (χ0) is 21.4. The number of halogens is 2. The Labute approximate surface area is 185 Å². The maximum absolute atomic E-state index is 13.0. The third-order valence-electron chi connectivity index (χ3n) is 4.83. The molecule has 0 fully saturated rings. The van der Waals surface area contributed by atoms with E-state index in [0.29, 0.717) is 44.4 Å². The number of aromatic nitrogens is 2. The molecule has 2 aromatic heterocycles. The normalized spacial score (nSPS) is 13.2. The largest absolute Gasteiger partial charge is 0.493 e. The van der Waals surface area contributed by atoms with Gasteiger partial charge >= 0.3 is 6.09 Å². The summed E-state index contributed by atoms with van der Waals surface area (Å²) in [5.74, 6) is -0.188. The number of nitrogens with zero attached hydrogens (tertiary/aromatic N) is 2. The number of carboxylic acid groups (broad SMARTS) is 1. The second-order valence-electron chi connectivity index (χ2n) is 6.52. The van der Waals surface area contributed by atoms with Gasteiger partial charge in [0.25, 0.3) is 5.91 Å². The van der Waals surface area contributed by atoms with Crippen molar-refractivity contribution in [3.05, 3.63) is 57.4 Å². The number of aromatic amines is 1. The standard InChI is InChI=1S/C20H16BrClN4O4/c1-30-18-12(22)3-2-4-14(18)25-17-15-13(6-8-26(19(15)27)20(28)29)24-16(17)10-5-7-23-9-11(10)21/h2-5,7,9,24-25H,6,8H2,1H3,(H,28,29). The molecule has 3 N–H and O–H groups in total. The summed E-state index contributed by atoms with van der Waals surface area (Å²) < 4.78 is 6.13. The van der Waals surface area contributed by atoms with E-state index in [0.717, 1.165) is 10.5 Å². The van der Waals surface area contributed by atoms with Gasteiger partial charge in [0, 0.05) is 41.1 Å². The van der Waals surface area contributed by atoms with Crippen LogP contribution in [0.15, 0.2) is 41.1 Å². The number of H-pyrrole nitrogens is 1. The minimum absolute atomic E-state index is 0.0819. The molecule has 0 radical (unpaired) electrons. The van der Waals surface area contributed by atoms with E-state index in [1.165, 1.54) is 7.11 Å². The van der Waals surface area contributed by atoms with E-state index in [9.17, 15) is 14.7 Å². The summed E-state index contributed by atoms with van der Waals surface area (Å²) in [6.07, 6.45) is 2.36. The molecule has 0 atom stereocenters. The number of ether oxygens (including phenoxy) is 1. The fourth-order valence-electron chi connectivity index (χ4n) is 3.47. The quantitative estimate of drug-likeness (QED) is 0.478. The predicted octanol–water partition coefficient (Wildman–Crippen LogP) is 4.92. The Morgan fingerprint density at radius 1 is 1.40 bits per heavy atom. The molecule has 2 amide bonds. The van der Waals surface area contributed by atoms with E-state index in [1.807, 2.05) is 0 Å². The molecular weight excluding hydrogens is 476 g/mol. The summed E-state index contributed by atoms with van der Waals surface area (Å²) >= 11 is 9.74. The van der Waals surface area contributed by atoms with Crippen molar-refractivity contribution in [1.82, 2.24) is 14.9 Å². The van der Waals surface area contributed by atoms with Gasteiger partial charge < -0.3 is 20.1 Å². The first kappa shape index (κ1) is 20.2. The highest BCUT2D eigenvalue weighted by Gasteiger charge is 2.35. The van der Waals surface area contributed by atoms with Crippen molar-refractivity contribution in [3.8, 4) is 17.0 Å². The molecule has 8 nitrogen and oxygen atoms in total. The second-order valence-corrected chi connectivity index (χ2v) is 7.78. The molecule has 3 aromatic rings. The van der Waals surface area contributed by atoms with Crippen LogP contribution in [0.3, 0.4) is 0 Å². The number of para-hydroxylation sites is 1. The highest BCUT2D eigenvalue weighted by molar-refractivity contribution is 9.10. The van der Waals surface area contributed by atoms with E-state index in [4.69, 9.17) is 16.3 Å². The van der Waals surface area contributed by atoms with Crippen LogP contribution < -0.4 is 10.1 Å². The van der Waals surface area contributed by atoms with Gasteiger partial charge in [-0.05, 0) is 34.1 Å². The molecule has 4 rings (SSSR count). The van der Waals surface area contributed by atoms with Crippen LogP contribution in [-0.2, 0) is 6.42 Å². The van der Waals surface area contributed by atoms with E-state index in [-0.39, 0.29) is 12.1 Å². The van der Waals surface area contributed by atoms with Gasteiger partial charge in [0.05, 0.1) is 34.8 Å². The zero-order valence-corrected chi connectivity index (χ0v) is 18.0. The molecular formula is C20H16BrClN4O4. The number of hydrogen-bond donors (Lipinski definition) is 3. The Morgan fingerprint density at radius 2 is 2.20 bits per heavy atom. The van der Waals surface area contributed by atoms with Crippen molar-refractivity contribution in [2.75, 3.05) is 19.0 Å². The molecule has 0 unspecified atom stereocenters. The fourth-order valence-corrected chi connectivity index (χ4v) is 4.17. The topological polar surface area (TPSA) is 108 Å². The smallest absolute Gasteiger partial charge is 0.414 e. The van der Waals surface area contributed by atoms with Crippen LogP contribution in [0.4, 0.5) is 16.2 Å². The average Bonchev–Trinajstić information content (AvgIpc) is 3.07. The molecule has 30 heavy (non-hydrogen) atoms. The lowest BCUT2D eigenvalue weighted by Gasteiger charge is -2.23. The maximum atomic E-state index is 13.0. The number of carbonyl (C=O) groups is 2. The third-order valence-corrected chi connectivity index (χ3v) is 5.76. The van der Waals surface area contributed by atoms with Crippen LogP contribution in [0.2, 0.25) is 5.02 Å². The highest BCUT2D eigenvalue weighted by Crippen LogP contribution is 2.42. The molecule has 1 aliphatic rings. The Morgan fingerprint density at radius 3 is 2.90 bits per heavy atom. The first-order valence-electron chi connectivity index (χ1n) is 8.91. The van der Waals surface area contributed by atoms with Gasteiger partial charge in [0.15, 0.2) is 5.75 Å². The van der Waals surface area contributed by atoms with Gasteiger partial charge in [-0.15, -0.1) is 0 Å². The molecule has 10 heteroatoms. The lowest BCUT2D eigenvalue weighted by Crippen LogP contribution is -2.41. The number of anilines is 2. The Kier molecular flexibility index (Phi) is 5.40. The molecule has 0 saturated heterocycles. The zero-order valence-electron chi connectivity index (χ0n) is 15.7. The van der Waals surface area contributed by atoms with Gasteiger partial charge in [-0.2, -0.15) is 0 Å². The molecule has 0 spiro atoms. The molecule has 0 saturated carbocycles. The van der Waals surface area contributed by atoms with Gasteiger partial charge in [-0.1, -0.05) is 17.7 Å². The summed E-state index contributed by atoms with van der Waals surface area (Å²) in [5, 5.41) is 13.1. The number of hydrogen-bond acceptors (Lipinski definition) is 5. The minimum atomic E-state index is -1.29. The van der Waals surface area contributed by atoms with Gasteiger partial charge in [-0.3, -0.25) is 9.78 Å². The second kappa shape index (κ2) is 8.00. The Hall–Kier alpha value is -3.04. The monoisotopic (exact) mass is 490 g/mol. The van der Waals surface area contributed by atoms with Crippen molar-refractivity contribution in [3.63, 3.8) is 0 Å². The van der Waals surface area contributed by atoms with Crippen LogP contribution in [0.1, 0.15) is 16.1 Å². The summed E-state index contributed by atoms with van der Waals surface area (Å²) in [7, 11) is 1.50. The van der Waals surface area contributed by atoms with Crippen molar-refractivity contribution in [2.45, 2.75) is 6.42 Å². The van der Waals surface area contributed by atoms with Crippen LogP contribution >= 0.6 is 27.5 Å². The van der Waals surface area contributed by atoms with Crippen molar-refractivity contribution in [2.24, 2.45) is 0 Å². The number of methoxy groups -OCH3 is 1. The molecule has 1 aromatic carbocycles. The highest BCUT2D eigenvalue weighted by atomic mass is 79.9. The number of benzene rings is 1. The predicted molar refractivity (Wildman–Crippen MR) is 116 cm³/mol. The number of fused-ring (bicyclic) bond motifs is 1. The first-order valence-corrected chi connectivity index (χ1v) is 10.1. The van der Waals surface area contributed by atoms with Crippen LogP contribution in [-0.4, -0.2) is 45.6 Å². The van der Waals surface area contributed by atoms with Crippen LogP contribution in [0, 0.1) is 0 Å². The van der Waals surface area contributed by atoms with E-state index >= 15 is 0 Å². The number of imide groups is 1. The van der Waals surface area contributed by atoms with Gasteiger partial charge in [0.1, 0.15) is 0 Å². The molecule has 154 valence electrons. The summed E-state index contributed by atoms with van der Waals surface area (Å²) in [6.45, 7) is 0.0819. The van der Waals surface area contributed by atoms with Crippen LogP contribution in [0.5, 0.6) is 5.75 Å². The van der Waals surface area contributed by atoms with E-state index in [1.54, 1.807) is 36.7 Å². The fraction of sp³-hybridized carbons (Fsp3) is 0.150. The summed E-state index contributed by atoms with van der Waals surface area (Å²) in [6, 6.07) is 6.99. The number of amides is 2. The van der Waals surface area contributed by atoms with Gasteiger partial charge in [-0.25, -0.2) is 9.69 Å². The Bertz CT molecular complexity index is 1160. The number of pyridine rings is 1. The van der Waals surface area contributed by atoms with E-state index < -0.39 is 12.0 Å². The SMILES string of the molecule is COc1c(Cl)cccc1Nc1c(-c2ccncc2Br)[nH]c2c1C(=O)N(C(=O)O)CC2. The minimum Gasteiger partial charge on any atom is -0.493 e. The molecule has 0 aliphatic carbocycles. The average molecular weight is 492 g/mol. The number of nitrogens with one attached hydrogen (secondary N) is 2. The number of rotatable bonds is 4. The van der Waals surface area contributed by atoms with Gasteiger partial charge in [0.2, 0.25) is 0 Å². The Balaban J connectivity index is 1.93.